The van der Waals surface area contributed by atoms with Gasteiger partial charge in [-0.25, -0.2) is 9.59 Å². The van der Waals surface area contributed by atoms with Gasteiger partial charge in [-0.1, -0.05) is 17.2 Å². The van der Waals surface area contributed by atoms with E-state index < -0.39 is 35.0 Å². The molecule has 0 bridgehead atoms. The number of carbonyl (C=O) groups is 4. The highest BCUT2D eigenvalue weighted by Gasteiger charge is 2.49. The van der Waals surface area contributed by atoms with Gasteiger partial charge in [0.05, 0.1) is 11.1 Å². The van der Waals surface area contributed by atoms with Crippen LogP contribution in [-0.2, 0) is 14.4 Å². The molecule has 0 spiro atoms. The van der Waals surface area contributed by atoms with Crippen molar-refractivity contribution in [2.24, 2.45) is 0 Å². The first-order valence-electron chi connectivity index (χ1n) is 9.25. The zero-order chi connectivity index (χ0) is 20.7. The number of hydrogen-bond acceptors (Lipinski definition) is 6. The lowest BCUT2D eigenvalue weighted by Crippen LogP contribution is -2.60. The van der Waals surface area contributed by atoms with Crippen molar-refractivity contribution in [3.63, 3.8) is 0 Å². The van der Waals surface area contributed by atoms with Gasteiger partial charge in [0.15, 0.2) is 0 Å². The van der Waals surface area contributed by atoms with Gasteiger partial charge in [-0.2, -0.15) is 0 Å². The standard InChI is InChI=1S/C20H24N2O6/c1-19(2,3)27-18(26)21-12-8-7-11-20(21,4)17(25)28-22-15(23)13-9-5-6-10-14(13)16(22)24/h5-6,9-10H,7-8,11-12H2,1-4H3. The SMILES string of the molecule is CC(C)(C)OC(=O)N1CCCCC1(C)C(=O)ON1C(=O)c2ccccc2C1=O. The van der Waals surface area contributed by atoms with E-state index in [2.05, 4.69) is 0 Å². The van der Waals surface area contributed by atoms with Gasteiger partial charge in [-0.3, -0.25) is 14.5 Å². The summed E-state index contributed by atoms with van der Waals surface area (Å²) >= 11 is 0. The maximum absolute atomic E-state index is 13.0. The molecule has 0 N–H and O–H groups in total. The van der Waals surface area contributed by atoms with E-state index in [-0.39, 0.29) is 11.1 Å². The van der Waals surface area contributed by atoms with Crippen LogP contribution >= 0.6 is 0 Å². The van der Waals surface area contributed by atoms with E-state index in [1.807, 2.05) is 0 Å². The van der Waals surface area contributed by atoms with Gasteiger partial charge >= 0.3 is 12.1 Å². The molecule has 0 aliphatic carbocycles. The van der Waals surface area contributed by atoms with Crippen molar-refractivity contribution in [1.82, 2.24) is 9.96 Å². The Kier molecular flexibility index (Phi) is 4.91. The topological polar surface area (TPSA) is 93.2 Å². The number of hydrogen-bond donors (Lipinski definition) is 0. The fourth-order valence-electron chi connectivity index (χ4n) is 3.37. The molecule has 8 heteroatoms. The van der Waals surface area contributed by atoms with Gasteiger partial charge in [0, 0.05) is 6.54 Å². The summed E-state index contributed by atoms with van der Waals surface area (Å²) in [5, 5.41) is 0.472. The second-order valence-electron chi connectivity index (χ2n) is 8.19. The molecule has 3 rings (SSSR count). The quantitative estimate of drug-likeness (QED) is 0.723. The molecule has 1 saturated heterocycles. The van der Waals surface area contributed by atoms with Crippen LogP contribution in [0.15, 0.2) is 24.3 Å². The summed E-state index contributed by atoms with van der Waals surface area (Å²) in [7, 11) is 0. The largest absolute Gasteiger partial charge is 0.444 e. The van der Waals surface area contributed by atoms with E-state index >= 15 is 0 Å². The van der Waals surface area contributed by atoms with Crippen molar-refractivity contribution in [2.45, 2.75) is 58.1 Å². The first-order valence-corrected chi connectivity index (χ1v) is 9.25. The smallest absolute Gasteiger partial charge is 0.411 e. The predicted octanol–water partition coefficient (Wildman–Crippen LogP) is 2.92. The van der Waals surface area contributed by atoms with Crippen molar-refractivity contribution in [3.05, 3.63) is 35.4 Å². The van der Waals surface area contributed by atoms with Crippen LogP contribution in [0, 0.1) is 0 Å². The maximum atomic E-state index is 13.0. The van der Waals surface area contributed by atoms with Crippen LogP contribution in [0.1, 0.15) is 67.7 Å². The Hall–Kier alpha value is -2.90. The maximum Gasteiger partial charge on any atom is 0.411 e. The van der Waals surface area contributed by atoms with Crippen LogP contribution in [0.25, 0.3) is 0 Å². The molecule has 1 atom stereocenters. The highest BCUT2D eigenvalue weighted by molar-refractivity contribution is 6.21. The summed E-state index contributed by atoms with van der Waals surface area (Å²) in [5.41, 5.74) is -1.70. The van der Waals surface area contributed by atoms with Gasteiger partial charge < -0.3 is 9.57 Å². The van der Waals surface area contributed by atoms with E-state index in [1.165, 1.54) is 17.0 Å². The molecule has 0 radical (unpaired) electrons. The number of hydroxylamine groups is 2. The molecule has 0 saturated carbocycles. The molecule has 2 aliphatic heterocycles. The number of likely N-dealkylation sites (tertiary alicyclic amines) is 1. The Morgan fingerprint density at radius 1 is 1.04 bits per heavy atom. The highest BCUT2D eigenvalue weighted by Crippen LogP contribution is 2.32. The normalized spacial score (nSPS) is 22.1. The van der Waals surface area contributed by atoms with Crippen LogP contribution in [-0.4, -0.2) is 51.5 Å². The van der Waals surface area contributed by atoms with E-state index in [9.17, 15) is 19.2 Å². The molecule has 1 unspecified atom stereocenters. The number of carbonyl (C=O) groups excluding carboxylic acids is 4. The molecule has 1 aromatic rings. The van der Waals surface area contributed by atoms with Crippen LogP contribution in [0.2, 0.25) is 0 Å². The lowest BCUT2D eigenvalue weighted by Gasteiger charge is -2.42. The Labute approximate surface area is 163 Å². The lowest BCUT2D eigenvalue weighted by atomic mass is 9.89. The summed E-state index contributed by atoms with van der Waals surface area (Å²) in [6, 6.07) is 6.25. The van der Waals surface area contributed by atoms with E-state index in [0.29, 0.717) is 24.4 Å². The van der Waals surface area contributed by atoms with Gasteiger partial charge in [-0.15, -0.1) is 0 Å². The minimum absolute atomic E-state index is 0.179. The second kappa shape index (κ2) is 6.92. The number of piperidine rings is 1. The first-order chi connectivity index (χ1) is 13.0. The fourth-order valence-corrected chi connectivity index (χ4v) is 3.37. The van der Waals surface area contributed by atoms with Gasteiger partial charge in [0.25, 0.3) is 11.8 Å². The van der Waals surface area contributed by atoms with Gasteiger partial charge in [-0.05, 0) is 59.1 Å². The number of imide groups is 1. The molecular formula is C20H24N2O6. The number of nitrogens with zero attached hydrogens (tertiary/aromatic N) is 2. The van der Waals surface area contributed by atoms with Crippen LogP contribution in [0.3, 0.4) is 0 Å². The fraction of sp³-hybridized carbons (Fsp3) is 0.500. The molecule has 2 heterocycles. The molecule has 2 aliphatic rings. The average molecular weight is 388 g/mol. The molecule has 0 aromatic heterocycles. The van der Waals surface area contributed by atoms with Crippen LogP contribution < -0.4 is 0 Å². The summed E-state index contributed by atoms with van der Waals surface area (Å²) in [6.45, 7) is 7.11. The lowest BCUT2D eigenvalue weighted by molar-refractivity contribution is -0.183. The van der Waals surface area contributed by atoms with Crippen molar-refractivity contribution in [1.29, 1.82) is 0 Å². The Morgan fingerprint density at radius 2 is 1.61 bits per heavy atom. The second-order valence-corrected chi connectivity index (χ2v) is 8.19. The van der Waals surface area contributed by atoms with Crippen LogP contribution in [0.5, 0.6) is 0 Å². The molecule has 1 fully saturated rings. The highest BCUT2D eigenvalue weighted by atomic mass is 16.7. The average Bonchev–Trinajstić information content (AvgIpc) is 2.86. The van der Waals surface area contributed by atoms with E-state index in [0.717, 1.165) is 6.42 Å². The van der Waals surface area contributed by atoms with Crippen molar-refractivity contribution in [2.75, 3.05) is 6.54 Å². The summed E-state index contributed by atoms with van der Waals surface area (Å²) in [6.07, 6.45) is 1.13. The molecular weight excluding hydrogens is 364 g/mol. The van der Waals surface area contributed by atoms with Crippen molar-refractivity contribution < 1.29 is 28.8 Å². The van der Waals surface area contributed by atoms with E-state index in [1.54, 1.807) is 39.8 Å². The van der Waals surface area contributed by atoms with Crippen molar-refractivity contribution in [3.8, 4) is 0 Å². The summed E-state index contributed by atoms with van der Waals surface area (Å²) < 4.78 is 5.42. The predicted molar refractivity (Wildman–Crippen MR) is 98.2 cm³/mol. The third-order valence-electron chi connectivity index (χ3n) is 4.88. The zero-order valence-corrected chi connectivity index (χ0v) is 16.5. The third kappa shape index (κ3) is 3.46. The van der Waals surface area contributed by atoms with Gasteiger partial charge in [0.1, 0.15) is 11.1 Å². The Bertz CT molecular complexity index is 808. The first kappa shape index (κ1) is 19.9. The van der Waals surface area contributed by atoms with E-state index in [4.69, 9.17) is 9.57 Å². The van der Waals surface area contributed by atoms with Gasteiger partial charge in [0.2, 0.25) is 0 Å². The third-order valence-corrected chi connectivity index (χ3v) is 4.88. The molecule has 1 aromatic carbocycles. The molecule has 28 heavy (non-hydrogen) atoms. The minimum Gasteiger partial charge on any atom is -0.444 e. The number of fused-ring (bicyclic) bond motifs is 1. The minimum atomic E-state index is -1.34. The zero-order valence-electron chi connectivity index (χ0n) is 16.5. The van der Waals surface area contributed by atoms with Crippen molar-refractivity contribution >= 4 is 23.9 Å². The number of amides is 3. The summed E-state index contributed by atoms with van der Waals surface area (Å²) in [5.74, 6) is -2.23. The monoisotopic (exact) mass is 388 g/mol. The number of benzene rings is 1. The Morgan fingerprint density at radius 3 is 2.14 bits per heavy atom. The number of rotatable bonds is 2. The van der Waals surface area contributed by atoms with Crippen LogP contribution in [0.4, 0.5) is 4.79 Å². The number of ether oxygens (including phenoxy) is 1. The summed E-state index contributed by atoms with van der Waals surface area (Å²) in [4.78, 5) is 57.1. The molecule has 150 valence electrons. The Balaban J connectivity index is 1.81. The molecule has 8 nitrogen and oxygen atoms in total. The molecule has 3 amide bonds.